The van der Waals surface area contributed by atoms with Crippen LogP contribution in [0, 0.1) is 0 Å². The molecular weight excluding hydrogens is 225 g/mol. The van der Waals surface area contributed by atoms with Gasteiger partial charge in [-0.05, 0) is 6.42 Å². The van der Waals surface area contributed by atoms with E-state index in [9.17, 15) is 18.0 Å². The minimum atomic E-state index is -4.29. The van der Waals surface area contributed by atoms with Gasteiger partial charge in [-0.2, -0.15) is 13.2 Å². The van der Waals surface area contributed by atoms with Gasteiger partial charge in [-0.3, -0.25) is 4.79 Å². The summed E-state index contributed by atoms with van der Waals surface area (Å²) in [4.78, 5) is 10.9. The molecule has 1 unspecified atom stereocenters. The normalized spacial score (nSPS) is 13.6. The topological polar surface area (TPSA) is 64.3 Å². The fourth-order valence-electron chi connectivity index (χ4n) is 1.04. The number of nitrogens with two attached hydrogens (primary N) is 1. The van der Waals surface area contributed by atoms with Gasteiger partial charge >= 0.3 is 6.18 Å². The van der Waals surface area contributed by atoms with Crippen molar-refractivity contribution < 1.29 is 22.7 Å². The van der Waals surface area contributed by atoms with Gasteiger partial charge in [0.25, 0.3) is 0 Å². The molecule has 7 heteroatoms. The van der Waals surface area contributed by atoms with Crippen LogP contribution in [0.5, 0.6) is 0 Å². The van der Waals surface area contributed by atoms with Crippen molar-refractivity contribution in [2.75, 3.05) is 20.3 Å². The summed E-state index contributed by atoms with van der Waals surface area (Å²) in [6.45, 7) is 0.625. The molecule has 0 saturated heterocycles. The summed E-state index contributed by atoms with van der Waals surface area (Å²) < 4.78 is 40.0. The average molecular weight is 242 g/mol. The molecule has 1 amide bonds. The Bertz CT molecular complexity index is 209. The van der Waals surface area contributed by atoms with Crippen molar-refractivity contribution in [2.45, 2.75) is 31.5 Å². The summed E-state index contributed by atoms with van der Waals surface area (Å²) >= 11 is 0. The van der Waals surface area contributed by atoms with E-state index >= 15 is 0 Å². The Morgan fingerprint density at radius 2 is 2.12 bits per heavy atom. The number of carbonyl (C=O) groups excluding carboxylic acids is 1. The molecule has 1 atom stereocenters. The second kappa shape index (κ2) is 7.45. The highest BCUT2D eigenvalue weighted by molar-refractivity contribution is 5.75. The van der Waals surface area contributed by atoms with E-state index in [1.54, 1.807) is 0 Å². The first-order chi connectivity index (χ1) is 7.35. The van der Waals surface area contributed by atoms with Gasteiger partial charge in [0, 0.05) is 26.1 Å². The third kappa shape index (κ3) is 9.72. The van der Waals surface area contributed by atoms with Crippen molar-refractivity contribution in [3.05, 3.63) is 0 Å². The highest BCUT2D eigenvalue weighted by Crippen LogP contribution is 2.20. The Morgan fingerprint density at radius 3 is 2.62 bits per heavy atom. The summed E-state index contributed by atoms with van der Waals surface area (Å²) in [5.74, 6) is -0.609. The number of hydrogen-bond acceptors (Lipinski definition) is 3. The summed E-state index contributed by atoms with van der Waals surface area (Å²) in [5, 5.41) is 2.37. The summed E-state index contributed by atoms with van der Waals surface area (Å²) in [7, 11) is 1.50. The van der Waals surface area contributed by atoms with Crippen LogP contribution in [0.1, 0.15) is 19.3 Å². The van der Waals surface area contributed by atoms with Crippen LogP contribution in [0.3, 0.4) is 0 Å². The molecule has 0 aromatic carbocycles. The smallest absolute Gasteiger partial charge is 0.383 e. The first-order valence-corrected chi connectivity index (χ1v) is 4.93. The number of rotatable bonds is 7. The molecule has 4 nitrogen and oxygen atoms in total. The van der Waals surface area contributed by atoms with Crippen LogP contribution in [0.15, 0.2) is 0 Å². The molecule has 3 N–H and O–H groups in total. The molecule has 0 bridgehead atoms. The minimum Gasteiger partial charge on any atom is -0.383 e. The lowest BCUT2D eigenvalue weighted by Gasteiger charge is -2.11. The Labute approximate surface area is 92.3 Å². The first-order valence-electron chi connectivity index (χ1n) is 4.93. The van der Waals surface area contributed by atoms with Crippen molar-refractivity contribution in [3.63, 3.8) is 0 Å². The molecule has 0 aliphatic heterocycles. The maximum atomic E-state index is 11.8. The second-order valence-electron chi connectivity index (χ2n) is 3.47. The Morgan fingerprint density at radius 1 is 1.50 bits per heavy atom. The van der Waals surface area contributed by atoms with E-state index in [-0.39, 0.29) is 12.6 Å². The van der Waals surface area contributed by atoms with E-state index in [0.29, 0.717) is 13.0 Å². The van der Waals surface area contributed by atoms with Crippen LogP contribution in [0.25, 0.3) is 0 Å². The molecule has 0 aromatic rings. The Hall–Kier alpha value is -0.820. The molecule has 96 valence electrons. The zero-order valence-electron chi connectivity index (χ0n) is 9.14. The second-order valence-corrected chi connectivity index (χ2v) is 3.47. The van der Waals surface area contributed by atoms with Gasteiger partial charge in [-0.15, -0.1) is 0 Å². The summed E-state index contributed by atoms with van der Waals surface area (Å²) in [6, 6.07) is -0.215. The quantitative estimate of drug-likeness (QED) is 0.694. The van der Waals surface area contributed by atoms with E-state index < -0.39 is 24.9 Å². The number of methoxy groups -OCH3 is 1. The minimum absolute atomic E-state index is 0.215. The lowest BCUT2D eigenvalue weighted by atomic mass is 10.2. The molecule has 0 aliphatic carbocycles. The third-order valence-corrected chi connectivity index (χ3v) is 1.85. The molecule has 0 rings (SSSR count). The maximum Gasteiger partial charge on any atom is 0.389 e. The fourth-order valence-corrected chi connectivity index (χ4v) is 1.04. The first kappa shape index (κ1) is 15.2. The Balaban J connectivity index is 3.51. The van der Waals surface area contributed by atoms with Gasteiger partial charge < -0.3 is 15.8 Å². The van der Waals surface area contributed by atoms with Crippen LogP contribution in [0.2, 0.25) is 0 Å². The van der Waals surface area contributed by atoms with E-state index in [0.717, 1.165) is 0 Å². The fraction of sp³-hybridized carbons (Fsp3) is 0.889. The number of ether oxygens (including phenoxy) is 1. The standard InChI is InChI=1S/C9H17F3N2O2/c1-16-6-7(13)3-5-14-8(15)2-4-9(10,11)12/h7H,2-6,13H2,1H3,(H,14,15). The van der Waals surface area contributed by atoms with E-state index in [1.807, 2.05) is 0 Å². The Kier molecular flexibility index (Phi) is 7.07. The zero-order valence-corrected chi connectivity index (χ0v) is 9.14. The van der Waals surface area contributed by atoms with Crippen LogP contribution >= 0.6 is 0 Å². The summed E-state index contributed by atoms with van der Waals surface area (Å²) in [5.41, 5.74) is 5.56. The van der Waals surface area contributed by atoms with Crippen molar-refractivity contribution in [1.29, 1.82) is 0 Å². The average Bonchev–Trinajstić information content (AvgIpc) is 2.14. The third-order valence-electron chi connectivity index (χ3n) is 1.85. The van der Waals surface area contributed by atoms with Crippen LogP contribution in [-0.2, 0) is 9.53 Å². The van der Waals surface area contributed by atoms with Crippen LogP contribution in [0.4, 0.5) is 13.2 Å². The van der Waals surface area contributed by atoms with E-state index in [4.69, 9.17) is 10.5 Å². The molecular formula is C9H17F3N2O2. The van der Waals surface area contributed by atoms with Gasteiger partial charge in [-0.25, -0.2) is 0 Å². The number of nitrogens with one attached hydrogen (secondary N) is 1. The molecule has 0 fully saturated rings. The molecule has 0 aromatic heterocycles. The van der Waals surface area contributed by atoms with Crippen molar-refractivity contribution in [1.82, 2.24) is 5.32 Å². The highest BCUT2D eigenvalue weighted by Gasteiger charge is 2.27. The van der Waals surface area contributed by atoms with Gasteiger partial charge in [-0.1, -0.05) is 0 Å². The maximum absolute atomic E-state index is 11.8. The SMILES string of the molecule is COCC(N)CCNC(=O)CCC(F)(F)F. The molecule has 0 spiro atoms. The van der Waals surface area contributed by atoms with Gasteiger partial charge in [0.1, 0.15) is 0 Å². The van der Waals surface area contributed by atoms with Crippen LogP contribution in [-0.4, -0.2) is 38.4 Å². The van der Waals surface area contributed by atoms with Crippen molar-refractivity contribution >= 4 is 5.91 Å². The number of hydrogen-bond donors (Lipinski definition) is 2. The molecule has 0 radical (unpaired) electrons. The monoisotopic (exact) mass is 242 g/mol. The lowest BCUT2D eigenvalue weighted by molar-refractivity contribution is -0.144. The van der Waals surface area contributed by atoms with Gasteiger partial charge in [0.05, 0.1) is 13.0 Å². The number of carbonyl (C=O) groups is 1. The largest absolute Gasteiger partial charge is 0.389 e. The lowest BCUT2D eigenvalue weighted by Crippen LogP contribution is -2.33. The predicted molar refractivity (Wildman–Crippen MR) is 52.8 cm³/mol. The zero-order chi connectivity index (χ0) is 12.6. The molecule has 0 saturated carbocycles. The predicted octanol–water partition coefficient (Wildman–Crippen LogP) is 0.809. The molecule has 0 aliphatic rings. The van der Waals surface area contributed by atoms with Crippen LogP contribution < -0.4 is 11.1 Å². The van der Waals surface area contributed by atoms with Crippen molar-refractivity contribution in [2.24, 2.45) is 5.73 Å². The number of halogens is 3. The highest BCUT2D eigenvalue weighted by atomic mass is 19.4. The molecule has 0 heterocycles. The molecule has 16 heavy (non-hydrogen) atoms. The van der Waals surface area contributed by atoms with Gasteiger partial charge in [0.15, 0.2) is 0 Å². The summed E-state index contributed by atoms with van der Waals surface area (Å²) in [6.07, 6.45) is -5.44. The van der Waals surface area contributed by atoms with E-state index in [2.05, 4.69) is 5.32 Å². The van der Waals surface area contributed by atoms with E-state index in [1.165, 1.54) is 7.11 Å². The van der Waals surface area contributed by atoms with Crippen molar-refractivity contribution in [3.8, 4) is 0 Å². The number of amides is 1. The number of alkyl halides is 3. The van der Waals surface area contributed by atoms with Gasteiger partial charge in [0.2, 0.25) is 5.91 Å².